The van der Waals surface area contributed by atoms with Gasteiger partial charge < -0.3 is 4.74 Å². The van der Waals surface area contributed by atoms with E-state index in [1.165, 1.54) is 0 Å². The number of nitrogens with zero attached hydrogens (tertiary/aromatic N) is 1. The van der Waals surface area contributed by atoms with Gasteiger partial charge in [0.15, 0.2) is 0 Å². The summed E-state index contributed by atoms with van der Waals surface area (Å²) in [5.74, 6) is 0.465. The van der Waals surface area contributed by atoms with Crippen LogP contribution in [0.4, 0.5) is 0 Å². The van der Waals surface area contributed by atoms with Crippen LogP contribution >= 0.6 is 15.9 Å². The molecule has 0 saturated heterocycles. The molecule has 3 rings (SSSR count). The lowest BCUT2D eigenvalue weighted by molar-refractivity contribution is 0.0954. The molecular weight excluding hydrogens is 404 g/mol. The van der Waals surface area contributed by atoms with Crippen molar-refractivity contribution in [2.75, 3.05) is 0 Å². The summed E-state index contributed by atoms with van der Waals surface area (Å²) in [7, 11) is 0. The fourth-order valence-corrected chi connectivity index (χ4v) is 2.77. The van der Waals surface area contributed by atoms with Crippen molar-refractivity contribution in [3.63, 3.8) is 0 Å². The number of rotatable bonds is 6. The van der Waals surface area contributed by atoms with Gasteiger partial charge in [-0.25, -0.2) is 5.43 Å². The quantitative estimate of drug-likeness (QED) is 0.443. The Morgan fingerprint density at radius 1 is 1.04 bits per heavy atom. The lowest BCUT2D eigenvalue weighted by Crippen LogP contribution is -2.18. The van der Waals surface area contributed by atoms with Crippen LogP contribution in [-0.2, 0) is 6.61 Å². The second-order valence-electron chi connectivity index (χ2n) is 5.97. The number of aryl methyl sites for hydroxylation is 1. The number of carbonyl (C=O) groups is 1. The third kappa shape index (κ3) is 5.28. The van der Waals surface area contributed by atoms with Crippen molar-refractivity contribution in [2.24, 2.45) is 5.10 Å². The molecule has 3 aromatic carbocycles. The highest BCUT2D eigenvalue weighted by molar-refractivity contribution is 9.10. The molecule has 1 N–H and O–H groups in total. The smallest absolute Gasteiger partial charge is 0.271 e. The molecule has 3 aromatic rings. The van der Waals surface area contributed by atoms with Crippen LogP contribution in [0.5, 0.6) is 5.75 Å². The van der Waals surface area contributed by atoms with Crippen molar-refractivity contribution < 1.29 is 9.53 Å². The van der Waals surface area contributed by atoms with E-state index in [-0.39, 0.29) is 5.91 Å². The van der Waals surface area contributed by atoms with Crippen LogP contribution in [-0.4, -0.2) is 12.1 Å². The standard InChI is InChI=1S/C22H19BrN2O2/c1-16-6-2-4-8-20(16)22(26)25-24-14-18-7-3-5-9-21(18)27-15-17-10-12-19(23)13-11-17/h2-14H,15H2,1H3,(H,25,26). The highest BCUT2D eigenvalue weighted by Crippen LogP contribution is 2.18. The molecule has 0 bridgehead atoms. The molecule has 1 amide bonds. The molecule has 0 aromatic heterocycles. The zero-order chi connectivity index (χ0) is 19.1. The summed E-state index contributed by atoms with van der Waals surface area (Å²) in [4.78, 5) is 12.2. The van der Waals surface area contributed by atoms with E-state index < -0.39 is 0 Å². The van der Waals surface area contributed by atoms with Crippen LogP contribution in [0.2, 0.25) is 0 Å². The highest BCUT2D eigenvalue weighted by atomic mass is 79.9. The lowest BCUT2D eigenvalue weighted by Gasteiger charge is -2.09. The van der Waals surface area contributed by atoms with Crippen molar-refractivity contribution in [3.8, 4) is 5.75 Å². The Morgan fingerprint density at radius 3 is 2.52 bits per heavy atom. The Hall–Kier alpha value is -2.92. The van der Waals surface area contributed by atoms with Crippen molar-refractivity contribution in [2.45, 2.75) is 13.5 Å². The SMILES string of the molecule is Cc1ccccc1C(=O)NN=Cc1ccccc1OCc1ccc(Br)cc1. The molecule has 0 aliphatic rings. The molecule has 27 heavy (non-hydrogen) atoms. The first-order valence-corrected chi connectivity index (χ1v) is 9.28. The molecule has 0 radical (unpaired) electrons. The van der Waals surface area contributed by atoms with Crippen molar-refractivity contribution >= 4 is 28.1 Å². The zero-order valence-electron chi connectivity index (χ0n) is 14.9. The van der Waals surface area contributed by atoms with Gasteiger partial charge in [0.2, 0.25) is 0 Å². The Labute approximate surface area is 167 Å². The number of hydrogen-bond donors (Lipinski definition) is 1. The number of benzene rings is 3. The van der Waals surface area contributed by atoms with E-state index >= 15 is 0 Å². The van der Waals surface area contributed by atoms with Gasteiger partial charge in [0, 0.05) is 15.6 Å². The Balaban J connectivity index is 1.65. The molecule has 0 heterocycles. The molecule has 4 nitrogen and oxygen atoms in total. The largest absolute Gasteiger partial charge is 0.488 e. The van der Waals surface area contributed by atoms with Crippen LogP contribution in [0, 0.1) is 6.92 Å². The number of carbonyl (C=O) groups excluding carboxylic acids is 1. The van der Waals surface area contributed by atoms with Crippen LogP contribution in [0.15, 0.2) is 82.4 Å². The summed E-state index contributed by atoms with van der Waals surface area (Å²) in [5, 5.41) is 4.08. The van der Waals surface area contributed by atoms with Gasteiger partial charge in [0.05, 0.1) is 6.21 Å². The minimum absolute atomic E-state index is 0.238. The van der Waals surface area contributed by atoms with Gasteiger partial charge in [0.25, 0.3) is 5.91 Å². The van der Waals surface area contributed by atoms with Gasteiger partial charge >= 0.3 is 0 Å². The minimum Gasteiger partial charge on any atom is -0.488 e. The number of para-hydroxylation sites is 1. The number of halogens is 1. The van der Waals surface area contributed by atoms with Crippen molar-refractivity contribution in [1.29, 1.82) is 0 Å². The molecule has 5 heteroatoms. The van der Waals surface area contributed by atoms with E-state index in [4.69, 9.17) is 4.74 Å². The number of ether oxygens (including phenoxy) is 1. The normalized spacial score (nSPS) is 10.7. The fourth-order valence-electron chi connectivity index (χ4n) is 2.51. The summed E-state index contributed by atoms with van der Waals surface area (Å²) < 4.78 is 6.94. The predicted octanol–water partition coefficient (Wildman–Crippen LogP) is 5.10. The minimum atomic E-state index is -0.238. The molecule has 0 aliphatic carbocycles. The Kier molecular flexibility index (Phi) is 6.39. The fraction of sp³-hybridized carbons (Fsp3) is 0.0909. The van der Waals surface area contributed by atoms with Crippen LogP contribution < -0.4 is 10.2 Å². The number of nitrogens with one attached hydrogen (secondary N) is 1. The molecule has 0 saturated carbocycles. The molecule has 0 atom stereocenters. The first-order chi connectivity index (χ1) is 13.1. The van der Waals surface area contributed by atoms with Crippen LogP contribution in [0.1, 0.15) is 27.0 Å². The highest BCUT2D eigenvalue weighted by Gasteiger charge is 2.07. The number of hydrazone groups is 1. The monoisotopic (exact) mass is 422 g/mol. The maximum Gasteiger partial charge on any atom is 0.271 e. The third-order valence-electron chi connectivity index (χ3n) is 3.99. The van der Waals surface area contributed by atoms with Gasteiger partial charge in [0.1, 0.15) is 12.4 Å². The van der Waals surface area contributed by atoms with E-state index in [2.05, 4.69) is 26.5 Å². The molecule has 0 spiro atoms. The summed E-state index contributed by atoms with van der Waals surface area (Å²) in [6, 6.07) is 22.9. The van der Waals surface area contributed by atoms with Crippen LogP contribution in [0.3, 0.4) is 0 Å². The van der Waals surface area contributed by atoms with Gasteiger partial charge in [-0.3, -0.25) is 4.79 Å². The number of amides is 1. The maximum absolute atomic E-state index is 12.2. The van der Waals surface area contributed by atoms with Gasteiger partial charge in [-0.15, -0.1) is 0 Å². The van der Waals surface area contributed by atoms with Gasteiger partial charge in [-0.05, 0) is 48.4 Å². The van der Waals surface area contributed by atoms with E-state index in [1.807, 2.05) is 73.7 Å². The van der Waals surface area contributed by atoms with E-state index in [1.54, 1.807) is 12.3 Å². The first-order valence-electron chi connectivity index (χ1n) is 8.49. The van der Waals surface area contributed by atoms with Gasteiger partial charge in [-0.1, -0.05) is 58.4 Å². The van der Waals surface area contributed by atoms with Crippen LogP contribution in [0.25, 0.3) is 0 Å². The zero-order valence-corrected chi connectivity index (χ0v) is 16.4. The average molecular weight is 423 g/mol. The molecule has 0 fully saturated rings. The van der Waals surface area contributed by atoms with E-state index in [9.17, 15) is 4.79 Å². The molecular formula is C22H19BrN2O2. The Bertz CT molecular complexity index is 953. The summed E-state index contributed by atoms with van der Waals surface area (Å²) >= 11 is 3.42. The van der Waals surface area contributed by atoms with E-state index in [0.29, 0.717) is 17.9 Å². The molecule has 136 valence electrons. The average Bonchev–Trinajstić information content (AvgIpc) is 2.68. The second kappa shape index (κ2) is 9.14. The predicted molar refractivity (Wildman–Crippen MR) is 111 cm³/mol. The summed E-state index contributed by atoms with van der Waals surface area (Å²) in [6.45, 7) is 2.34. The molecule has 0 aliphatic heterocycles. The third-order valence-corrected chi connectivity index (χ3v) is 4.51. The Morgan fingerprint density at radius 2 is 1.74 bits per heavy atom. The van der Waals surface area contributed by atoms with Crippen molar-refractivity contribution in [3.05, 3.63) is 99.5 Å². The lowest BCUT2D eigenvalue weighted by atomic mass is 10.1. The number of hydrogen-bond acceptors (Lipinski definition) is 3. The maximum atomic E-state index is 12.2. The summed E-state index contributed by atoms with van der Waals surface area (Å²) in [6.07, 6.45) is 1.59. The second-order valence-corrected chi connectivity index (χ2v) is 6.88. The van der Waals surface area contributed by atoms with Gasteiger partial charge in [-0.2, -0.15) is 5.10 Å². The topological polar surface area (TPSA) is 50.7 Å². The van der Waals surface area contributed by atoms with Crippen molar-refractivity contribution in [1.82, 2.24) is 5.43 Å². The summed E-state index contributed by atoms with van der Waals surface area (Å²) in [5.41, 5.74) is 5.94. The first kappa shape index (κ1) is 18.9. The van der Waals surface area contributed by atoms with E-state index in [0.717, 1.165) is 21.2 Å². The molecule has 0 unspecified atom stereocenters.